The first kappa shape index (κ1) is 21.7. The number of carbonyl (C=O) groups excluding carboxylic acids is 1. The Labute approximate surface area is 194 Å². The maximum Gasteiger partial charge on any atom is 0.250 e. The van der Waals surface area contributed by atoms with E-state index in [0.717, 1.165) is 16.7 Å². The van der Waals surface area contributed by atoms with Gasteiger partial charge in [-0.15, -0.1) is 0 Å². The molecule has 0 fully saturated rings. The lowest BCUT2D eigenvalue weighted by Crippen LogP contribution is -2.23. The van der Waals surface area contributed by atoms with E-state index in [-0.39, 0.29) is 18.0 Å². The van der Waals surface area contributed by atoms with Crippen LogP contribution in [0.2, 0.25) is 5.02 Å². The second-order valence-corrected chi connectivity index (χ2v) is 8.12. The summed E-state index contributed by atoms with van der Waals surface area (Å²) < 4.78 is 3.48. The third-order valence-electron chi connectivity index (χ3n) is 4.94. The normalized spacial score (nSPS) is 10.8. The smallest absolute Gasteiger partial charge is 0.250 e. The largest absolute Gasteiger partial charge is 0.323 e. The summed E-state index contributed by atoms with van der Waals surface area (Å²) in [6, 6.07) is 18.1. The van der Waals surface area contributed by atoms with Crippen LogP contribution in [-0.4, -0.2) is 25.2 Å². The quantitative estimate of drug-likeness (QED) is 0.413. The third-order valence-corrected chi connectivity index (χ3v) is 5.62. The van der Waals surface area contributed by atoms with Crippen LogP contribution >= 0.6 is 23.8 Å². The predicted molar refractivity (Wildman–Crippen MR) is 127 cm³/mol. The van der Waals surface area contributed by atoms with Gasteiger partial charge in [0.05, 0.1) is 12.2 Å². The summed E-state index contributed by atoms with van der Waals surface area (Å²) in [6.07, 6.45) is 1.60. The van der Waals surface area contributed by atoms with E-state index in [2.05, 4.69) is 15.5 Å². The maximum absolute atomic E-state index is 12.7. The number of nitrogens with one attached hydrogen (secondary N) is 2. The number of aromatic amines is 1. The summed E-state index contributed by atoms with van der Waals surface area (Å²) in [4.78, 5) is 25.0. The maximum atomic E-state index is 12.7. The number of benzene rings is 2. The minimum absolute atomic E-state index is 0.0256. The average molecular weight is 466 g/mol. The first-order chi connectivity index (χ1) is 15.4. The van der Waals surface area contributed by atoms with Crippen molar-refractivity contribution in [1.29, 1.82) is 0 Å². The zero-order valence-electron chi connectivity index (χ0n) is 17.2. The molecule has 2 aromatic heterocycles. The zero-order valence-corrected chi connectivity index (χ0v) is 18.8. The van der Waals surface area contributed by atoms with E-state index in [4.69, 9.17) is 23.8 Å². The average Bonchev–Trinajstić information content (AvgIpc) is 3.12. The number of halogens is 1. The Bertz CT molecular complexity index is 1390. The number of hydrogen-bond acceptors (Lipinski definition) is 4. The minimum atomic E-state index is -0.293. The van der Waals surface area contributed by atoms with Crippen LogP contribution in [0.4, 0.5) is 5.69 Å². The number of pyridine rings is 1. The number of nitrogens with zero attached hydrogens (tertiary/aromatic N) is 3. The molecule has 0 saturated heterocycles. The Morgan fingerprint density at radius 2 is 1.88 bits per heavy atom. The SMILES string of the molecule is Cc1ccc(-c2n[nH]c(=S)n2CC(=O)Nc2ccc(=O)n(Cc3ccccc3Cl)c2)cc1. The monoisotopic (exact) mass is 465 g/mol. The molecule has 0 aliphatic heterocycles. The molecule has 1 amide bonds. The summed E-state index contributed by atoms with van der Waals surface area (Å²) in [5, 5.41) is 10.4. The second-order valence-electron chi connectivity index (χ2n) is 7.33. The Kier molecular flexibility index (Phi) is 6.34. The molecule has 0 atom stereocenters. The lowest BCUT2D eigenvalue weighted by molar-refractivity contribution is -0.116. The molecule has 0 aliphatic rings. The van der Waals surface area contributed by atoms with Crippen LogP contribution in [0.1, 0.15) is 11.1 Å². The molecule has 0 aliphatic carbocycles. The second kappa shape index (κ2) is 9.33. The highest BCUT2D eigenvalue weighted by atomic mass is 35.5. The van der Waals surface area contributed by atoms with E-state index < -0.39 is 0 Å². The Balaban J connectivity index is 1.53. The van der Waals surface area contributed by atoms with Crippen molar-refractivity contribution < 1.29 is 4.79 Å². The van der Waals surface area contributed by atoms with E-state index in [1.807, 2.05) is 49.4 Å². The van der Waals surface area contributed by atoms with Gasteiger partial charge in [-0.25, -0.2) is 0 Å². The zero-order chi connectivity index (χ0) is 22.7. The van der Waals surface area contributed by atoms with Crippen molar-refractivity contribution in [2.75, 3.05) is 5.32 Å². The van der Waals surface area contributed by atoms with Crippen molar-refractivity contribution in [3.05, 3.63) is 98.1 Å². The van der Waals surface area contributed by atoms with E-state index in [0.29, 0.717) is 27.9 Å². The molecular formula is C23H20ClN5O2S. The number of aryl methyl sites for hydroxylation is 1. The van der Waals surface area contributed by atoms with Crippen molar-refractivity contribution >= 4 is 35.4 Å². The highest BCUT2D eigenvalue weighted by Crippen LogP contribution is 2.19. The minimum Gasteiger partial charge on any atom is -0.323 e. The van der Waals surface area contributed by atoms with Crippen LogP contribution in [0.3, 0.4) is 0 Å². The number of H-pyrrole nitrogens is 1. The molecule has 32 heavy (non-hydrogen) atoms. The summed E-state index contributed by atoms with van der Waals surface area (Å²) in [5.41, 5.74) is 3.09. The van der Waals surface area contributed by atoms with Crippen LogP contribution in [0.25, 0.3) is 11.4 Å². The fourth-order valence-electron chi connectivity index (χ4n) is 3.27. The van der Waals surface area contributed by atoms with Gasteiger partial charge < -0.3 is 9.88 Å². The fourth-order valence-corrected chi connectivity index (χ4v) is 3.66. The molecule has 162 valence electrons. The lowest BCUT2D eigenvalue weighted by Gasteiger charge is -2.11. The molecule has 0 saturated carbocycles. The Hall–Kier alpha value is -3.49. The van der Waals surface area contributed by atoms with E-state index in [1.54, 1.807) is 22.9 Å². The predicted octanol–water partition coefficient (Wildman–Crippen LogP) is 4.42. The topological polar surface area (TPSA) is 84.7 Å². The molecule has 2 aromatic carbocycles. The lowest BCUT2D eigenvalue weighted by atomic mass is 10.1. The van der Waals surface area contributed by atoms with Gasteiger partial charge >= 0.3 is 0 Å². The molecule has 9 heteroatoms. The van der Waals surface area contributed by atoms with E-state index in [1.165, 1.54) is 10.6 Å². The van der Waals surface area contributed by atoms with Crippen LogP contribution in [0.15, 0.2) is 71.7 Å². The Morgan fingerprint density at radius 3 is 2.62 bits per heavy atom. The number of amides is 1. The van der Waals surface area contributed by atoms with Gasteiger partial charge in [0.1, 0.15) is 6.54 Å². The molecule has 0 unspecified atom stereocenters. The molecular weight excluding hydrogens is 446 g/mol. The number of carbonyl (C=O) groups is 1. The highest BCUT2D eigenvalue weighted by molar-refractivity contribution is 7.71. The van der Waals surface area contributed by atoms with Crippen molar-refractivity contribution in [2.45, 2.75) is 20.0 Å². The third kappa shape index (κ3) is 4.87. The molecule has 0 spiro atoms. The molecule has 0 radical (unpaired) electrons. The number of anilines is 1. The van der Waals surface area contributed by atoms with Crippen molar-refractivity contribution in [3.63, 3.8) is 0 Å². The van der Waals surface area contributed by atoms with Gasteiger partial charge in [-0.2, -0.15) is 5.10 Å². The van der Waals surface area contributed by atoms with Gasteiger partial charge in [0.25, 0.3) is 5.56 Å². The van der Waals surface area contributed by atoms with Gasteiger partial charge in [-0.3, -0.25) is 19.3 Å². The number of aromatic nitrogens is 4. The number of hydrogen-bond donors (Lipinski definition) is 2. The van der Waals surface area contributed by atoms with Crippen LogP contribution in [0.5, 0.6) is 0 Å². The van der Waals surface area contributed by atoms with Crippen LogP contribution in [0, 0.1) is 11.7 Å². The summed E-state index contributed by atoms with van der Waals surface area (Å²) in [6.45, 7) is 2.27. The Morgan fingerprint density at radius 1 is 1.12 bits per heavy atom. The first-order valence-electron chi connectivity index (χ1n) is 9.87. The van der Waals surface area contributed by atoms with Gasteiger partial charge in [0.2, 0.25) is 5.91 Å². The van der Waals surface area contributed by atoms with Crippen molar-refractivity contribution in [1.82, 2.24) is 19.3 Å². The molecule has 0 bridgehead atoms. The fraction of sp³-hybridized carbons (Fsp3) is 0.130. The highest BCUT2D eigenvalue weighted by Gasteiger charge is 2.13. The molecule has 2 heterocycles. The van der Waals surface area contributed by atoms with Crippen LogP contribution in [-0.2, 0) is 17.9 Å². The van der Waals surface area contributed by atoms with Crippen LogP contribution < -0.4 is 10.9 Å². The van der Waals surface area contributed by atoms with Crippen molar-refractivity contribution in [2.24, 2.45) is 0 Å². The summed E-state index contributed by atoms with van der Waals surface area (Å²) in [5.74, 6) is 0.285. The molecule has 2 N–H and O–H groups in total. The van der Waals surface area contributed by atoms with E-state index in [9.17, 15) is 9.59 Å². The standard InChI is InChI=1S/C23H20ClN5O2S/c1-15-6-8-16(9-7-15)22-26-27-23(32)29(22)14-20(30)25-18-10-11-21(31)28(13-18)12-17-4-2-3-5-19(17)24/h2-11,13H,12,14H2,1H3,(H,25,30)(H,27,32). The number of rotatable bonds is 6. The molecule has 7 nitrogen and oxygen atoms in total. The first-order valence-corrected chi connectivity index (χ1v) is 10.7. The molecule has 4 aromatic rings. The van der Waals surface area contributed by atoms with E-state index >= 15 is 0 Å². The molecule has 4 rings (SSSR count). The van der Waals surface area contributed by atoms with Crippen molar-refractivity contribution in [3.8, 4) is 11.4 Å². The van der Waals surface area contributed by atoms with Gasteiger partial charge in [0.15, 0.2) is 10.6 Å². The summed E-state index contributed by atoms with van der Waals surface area (Å²) in [7, 11) is 0. The van der Waals surface area contributed by atoms with Gasteiger partial charge in [-0.1, -0.05) is 59.6 Å². The van der Waals surface area contributed by atoms with Gasteiger partial charge in [-0.05, 0) is 36.8 Å². The van der Waals surface area contributed by atoms with Gasteiger partial charge in [0, 0.05) is 22.8 Å². The summed E-state index contributed by atoms with van der Waals surface area (Å²) >= 11 is 11.5.